The summed E-state index contributed by atoms with van der Waals surface area (Å²) >= 11 is 0. The van der Waals surface area contributed by atoms with Gasteiger partial charge in [-0.3, -0.25) is 0 Å². The Hall–Kier alpha value is -1.04. The zero-order valence-electron chi connectivity index (χ0n) is 9.67. The zero-order valence-corrected chi connectivity index (χ0v) is 9.67. The van der Waals surface area contributed by atoms with Crippen LogP contribution in [0.4, 0.5) is 0 Å². The second-order valence-electron chi connectivity index (χ2n) is 4.08. The molecular formula is C14H20. The van der Waals surface area contributed by atoms with Crippen molar-refractivity contribution in [1.29, 1.82) is 0 Å². The van der Waals surface area contributed by atoms with Crippen LogP contribution in [0.3, 0.4) is 0 Å². The third-order valence-corrected chi connectivity index (χ3v) is 2.49. The van der Waals surface area contributed by atoms with Crippen LogP contribution in [0.2, 0.25) is 0 Å². The SMILES string of the molecule is CC/C=C\c1ccc(C(C)C)cc1C. The lowest BCUT2D eigenvalue weighted by molar-refractivity contribution is 0.864. The van der Waals surface area contributed by atoms with Gasteiger partial charge in [0.05, 0.1) is 0 Å². The molecule has 76 valence electrons. The monoisotopic (exact) mass is 188 g/mol. The maximum Gasteiger partial charge on any atom is -0.0219 e. The summed E-state index contributed by atoms with van der Waals surface area (Å²) in [6, 6.07) is 6.74. The molecule has 0 radical (unpaired) electrons. The Kier molecular flexibility index (Phi) is 3.94. The van der Waals surface area contributed by atoms with Crippen molar-refractivity contribution in [2.45, 2.75) is 40.0 Å². The molecule has 0 atom stereocenters. The predicted octanol–water partition coefficient (Wildman–Crippen LogP) is 4.54. The third kappa shape index (κ3) is 2.73. The molecule has 0 bridgehead atoms. The molecule has 0 saturated carbocycles. The summed E-state index contributed by atoms with van der Waals surface area (Å²) in [6.45, 7) is 8.81. The minimum absolute atomic E-state index is 0.623. The van der Waals surface area contributed by atoms with Crippen molar-refractivity contribution in [3.8, 4) is 0 Å². The lowest BCUT2D eigenvalue weighted by Gasteiger charge is -2.08. The van der Waals surface area contributed by atoms with Crippen LogP contribution < -0.4 is 0 Å². The minimum Gasteiger partial charge on any atom is -0.0842 e. The first-order chi connectivity index (χ1) is 6.65. The summed E-state index contributed by atoms with van der Waals surface area (Å²) in [7, 11) is 0. The largest absolute Gasteiger partial charge is 0.0842 e. The number of aryl methyl sites for hydroxylation is 1. The van der Waals surface area contributed by atoms with Gasteiger partial charge in [-0.15, -0.1) is 0 Å². The second kappa shape index (κ2) is 4.99. The van der Waals surface area contributed by atoms with Crippen LogP contribution in [-0.2, 0) is 0 Å². The molecule has 0 spiro atoms. The van der Waals surface area contributed by atoms with Crippen LogP contribution in [0, 0.1) is 6.92 Å². The molecule has 0 heterocycles. The van der Waals surface area contributed by atoms with E-state index < -0.39 is 0 Å². The summed E-state index contributed by atoms with van der Waals surface area (Å²) in [6.07, 6.45) is 5.52. The molecular weight excluding hydrogens is 168 g/mol. The van der Waals surface area contributed by atoms with Gasteiger partial charge in [-0.2, -0.15) is 0 Å². The van der Waals surface area contributed by atoms with Crippen molar-refractivity contribution in [1.82, 2.24) is 0 Å². The smallest absolute Gasteiger partial charge is 0.0219 e. The first-order valence-corrected chi connectivity index (χ1v) is 5.42. The van der Waals surface area contributed by atoms with E-state index in [1.165, 1.54) is 16.7 Å². The van der Waals surface area contributed by atoms with Gasteiger partial charge in [-0.1, -0.05) is 51.1 Å². The lowest BCUT2D eigenvalue weighted by atomic mass is 9.98. The van der Waals surface area contributed by atoms with Crippen molar-refractivity contribution in [2.75, 3.05) is 0 Å². The standard InChI is InChI=1S/C14H20/c1-5-6-7-13-8-9-14(11(2)3)10-12(13)4/h6-11H,5H2,1-4H3/b7-6-. The molecule has 0 aliphatic heterocycles. The molecule has 1 rings (SSSR count). The van der Waals surface area contributed by atoms with Crippen molar-refractivity contribution >= 4 is 6.08 Å². The van der Waals surface area contributed by atoms with Gasteiger partial charge in [0.15, 0.2) is 0 Å². The van der Waals surface area contributed by atoms with Gasteiger partial charge >= 0.3 is 0 Å². The minimum atomic E-state index is 0.623. The average molecular weight is 188 g/mol. The van der Waals surface area contributed by atoms with Gasteiger partial charge in [0.2, 0.25) is 0 Å². The summed E-state index contributed by atoms with van der Waals surface area (Å²) in [5.74, 6) is 0.623. The number of hydrogen-bond acceptors (Lipinski definition) is 0. The first kappa shape index (κ1) is 11.0. The van der Waals surface area contributed by atoms with E-state index in [1.807, 2.05) is 0 Å². The van der Waals surface area contributed by atoms with Crippen molar-refractivity contribution in [3.05, 3.63) is 41.0 Å². The van der Waals surface area contributed by atoms with Crippen LogP contribution in [0.5, 0.6) is 0 Å². The van der Waals surface area contributed by atoms with Gasteiger partial charge in [0, 0.05) is 0 Å². The van der Waals surface area contributed by atoms with E-state index in [-0.39, 0.29) is 0 Å². The molecule has 0 N–H and O–H groups in total. The van der Waals surface area contributed by atoms with E-state index in [0.29, 0.717) is 5.92 Å². The molecule has 0 fully saturated rings. The van der Waals surface area contributed by atoms with Crippen LogP contribution in [0.15, 0.2) is 24.3 Å². The summed E-state index contributed by atoms with van der Waals surface area (Å²) in [5.41, 5.74) is 4.15. The number of allylic oxidation sites excluding steroid dienone is 1. The normalized spacial score (nSPS) is 11.5. The van der Waals surface area contributed by atoms with E-state index >= 15 is 0 Å². The summed E-state index contributed by atoms with van der Waals surface area (Å²) in [4.78, 5) is 0. The van der Waals surface area contributed by atoms with E-state index in [0.717, 1.165) is 6.42 Å². The predicted molar refractivity (Wildman–Crippen MR) is 64.6 cm³/mol. The Morgan fingerprint density at radius 1 is 1.29 bits per heavy atom. The molecule has 0 aromatic heterocycles. The van der Waals surface area contributed by atoms with Crippen molar-refractivity contribution in [3.63, 3.8) is 0 Å². The number of rotatable bonds is 3. The van der Waals surface area contributed by atoms with Gasteiger partial charge in [-0.25, -0.2) is 0 Å². The van der Waals surface area contributed by atoms with Gasteiger partial charge in [-0.05, 0) is 36.0 Å². The Bertz CT molecular complexity index is 319. The van der Waals surface area contributed by atoms with Crippen LogP contribution in [0.25, 0.3) is 6.08 Å². The summed E-state index contributed by atoms with van der Waals surface area (Å²) in [5, 5.41) is 0. The van der Waals surface area contributed by atoms with Gasteiger partial charge < -0.3 is 0 Å². The highest BCUT2D eigenvalue weighted by atomic mass is 14.1. The molecule has 0 amide bonds. The van der Waals surface area contributed by atoms with E-state index in [9.17, 15) is 0 Å². The average Bonchev–Trinajstić information content (AvgIpc) is 2.15. The molecule has 1 aromatic rings. The molecule has 1 aromatic carbocycles. The van der Waals surface area contributed by atoms with E-state index in [4.69, 9.17) is 0 Å². The van der Waals surface area contributed by atoms with Gasteiger partial charge in [0.1, 0.15) is 0 Å². The van der Waals surface area contributed by atoms with Gasteiger partial charge in [0.25, 0.3) is 0 Å². The molecule has 0 aliphatic carbocycles. The first-order valence-electron chi connectivity index (χ1n) is 5.42. The van der Waals surface area contributed by atoms with E-state index in [1.54, 1.807) is 0 Å². The lowest BCUT2D eigenvalue weighted by Crippen LogP contribution is -1.89. The Morgan fingerprint density at radius 2 is 2.00 bits per heavy atom. The fourth-order valence-corrected chi connectivity index (χ4v) is 1.49. The quantitative estimate of drug-likeness (QED) is 0.653. The van der Waals surface area contributed by atoms with Crippen molar-refractivity contribution < 1.29 is 0 Å². The molecule has 0 aliphatic rings. The second-order valence-corrected chi connectivity index (χ2v) is 4.08. The zero-order chi connectivity index (χ0) is 10.6. The molecule has 0 heteroatoms. The van der Waals surface area contributed by atoms with Crippen LogP contribution in [-0.4, -0.2) is 0 Å². The fourth-order valence-electron chi connectivity index (χ4n) is 1.49. The Morgan fingerprint density at radius 3 is 2.50 bits per heavy atom. The highest BCUT2D eigenvalue weighted by Gasteiger charge is 2.00. The molecule has 0 nitrogen and oxygen atoms in total. The maximum atomic E-state index is 2.29. The molecule has 14 heavy (non-hydrogen) atoms. The number of hydrogen-bond donors (Lipinski definition) is 0. The highest BCUT2D eigenvalue weighted by molar-refractivity contribution is 5.54. The van der Waals surface area contributed by atoms with Crippen LogP contribution in [0.1, 0.15) is 49.8 Å². The fraction of sp³-hybridized carbons (Fsp3) is 0.429. The summed E-state index contributed by atoms with van der Waals surface area (Å²) < 4.78 is 0. The van der Waals surface area contributed by atoms with Crippen molar-refractivity contribution in [2.24, 2.45) is 0 Å². The Labute approximate surface area is 87.7 Å². The number of benzene rings is 1. The molecule has 0 unspecified atom stereocenters. The maximum absolute atomic E-state index is 2.29. The third-order valence-electron chi connectivity index (χ3n) is 2.49. The Balaban J connectivity index is 2.95. The topological polar surface area (TPSA) is 0 Å². The highest BCUT2D eigenvalue weighted by Crippen LogP contribution is 2.19. The van der Waals surface area contributed by atoms with Crippen LogP contribution >= 0.6 is 0 Å². The molecule has 0 saturated heterocycles. The van der Waals surface area contributed by atoms with E-state index in [2.05, 4.69) is 58.0 Å².